The molecule has 0 aromatic carbocycles. The number of rotatable bonds is 5. The number of anilines is 1. The third-order valence-electron chi connectivity index (χ3n) is 3.69. The third kappa shape index (κ3) is 2.63. The molecule has 0 amide bonds. The molecule has 4 nitrogen and oxygen atoms in total. The number of nitrogens with one attached hydrogen (secondary N) is 1. The molecule has 1 fully saturated rings. The average Bonchev–Trinajstić information content (AvgIpc) is 3.10. The predicted octanol–water partition coefficient (Wildman–Crippen LogP) is 3.03. The molecule has 106 valence electrons. The van der Waals surface area contributed by atoms with E-state index in [1.165, 1.54) is 4.88 Å². The molecule has 20 heavy (non-hydrogen) atoms. The Kier molecular flexibility index (Phi) is 3.38. The van der Waals surface area contributed by atoms with E-state index in [2.05, 4.69) is 41.7 Å². The van der Waals surface area contributed by atoms with Gasteiger partial charge in [0.05, 0.1) is 0 Å². The van der Waals surface area contributed by atoms with Crippen LogP contribution in [0.15, 0.2) is 34.7 Å². The van der Waals surface area contributed by atoms with E-state index in [1.54, 1.807) is 28.3 Å². The summed E-state index contributed by atoms with van der Waals surface area (Å²) in [6.45, 7) is 5.05. The lowest BCUT2D eigenvalue weighted by Gasteiger charge is -2.23. The molecule has 0 unspecified atom stereocenters. The topological polar surface area (TPSA) is 46.9 Å². The van der Waals surface area contributed by atoms with Gasteiger partial charge >= 0.3 is 0 Å². The number of hydrogen-bond donors (Lipinski definition) is 1. The lowest BCUT2D eigenvalue weighted by molar-refractivity contribution is 0.566. The molecule has 1 aliphatic rings. The largest absolute Gasteiger partial charge is 0.365 e. The molecule has 1 N–H and O–H groups in total. The Labute approximate surface area is 122 Å². The van der Waals surface area contributed by atoms with E-state index in [1.807, 2.05) is 0 Å². The number of hydrogen-bond acceptors (Lipinski definition) is 4. The minimum atomic E-state index is -0.0114. The first-order valence-electron chi connectivity index (χ1n) is 6.93. The highest BCUT2D eigenvalue weighted by Gasteiger charge is 2.26. The van der Waals surface area contributed by atoms with Crippen LogP contribution in [0.1, 0.15) is 37.6 Å². The number of nitrogens with zero attached hydrogens (tertiary/aromatic N) is 2. The summed E-state index contributed by atoms with van der Waals surface area (Å²) in [5.74, 6) is 0.462. The second kappa shape index (κ2) is 5.05. The van der Waals surface area contributed by atoms with Crippen molar-refractivity contribution in [1.82, 2.24) is 9.55 Å². The summed E-state index contributed by atoms with van der Waals surface area (Å²) in [5, 5.41) is 5.31. The first kappa shape index (κ1) is 13.4. The molecule has 1 saturated carbocycles. The van der Waals surface area contributed by atoms with Crippen LogP contribution < -0.4 is 10.9 Å². The van der Waals surface area contributed by atoms with Crippen LogP contribution in [0.4, 0.5) is 5.82 Å². The molecule has 2 aromatic rings. The molecule has 0 atom stereocenters. The average molecular weight is 289 g/mol. The maximum atomic E-state index is 12.3. The summed E-state index contributed by atoms with van der Waals surface area (Å²) < 4.78 is 1.80. The maximum Gasteiger partial charge on any atom is 0.293 e. The SMILES string of the molecule is CC(C)(CNc1nccn(C2CC2)c1=O)c1cccs1. The number of aromatic nitrogens is 2. The summed E-state index contributed by atoms with van der Waals surface area (Å²) in [6, 6.07) is 4.58. The Balaban J connectivity index is 1.76. The van der Waals surface area contributed by atoms with Crippen LogP contribution >= 0.6 is 11.3 Å². The quantitative estimate of drug-likeness (QED) is 0.920. The van der Waals surface area contributed by atoms with Crippen molar-refractivity contribution in [3.63, 3.8) is 0 Å². The third-order valence-corrected chi connectivity index (χ3v) is 4.93. The van der Waals surface area contributed by atoms with Gasteiger partial charge < -0.3 is 9.88 Å². The van der Waals surface area contributed by atoms with Crippen molar-refractivity contribution in [3.8, 4) is 0 Å². The molecule has 3 rings (SSSR count). The van der Waals surface area contributed by atoms with Crippen molar-refractivity contribution >= 4 is 17.2 Å². The summed E-state index contributed by atoms with van der Waals surface area (Å²) in [7, 11) is 0. The summed E-state index contributed by atoms with van der Waals surface area (Å²) in [4.78, 5) is 17.8. The Morgan fingerprint density at radius 1 is 1.50 bits per heavy atom. The van der Waals surface area contributed by atoms with Gasteiger partial charge in [-0.15, -0.1) is 11.3 Å². The predicted molar refractivity (Wildman–Crippen MR) is 82.6 cm³/mol. The second-order valence-electron chi connectivity index (χ2n) is 5.93. The summed E-state index contributed by atoms with van der Waals surface area (Å²) >= 11 is 1.74. The minimum Gasteiger partial charge on any atom is -0.365 e. The van der Waals surface area contributed by atoms with E-state index >= 15 is 0 Å². The molecule has 0 spiro atoms. The molecule has 2 heterocycles. The molecular formula is C15H19N3OS. The van der Waals surface area contributed by atoms with Gasteiger partial charge in [-0.25, -0.2) is 4.98 Å². The Morgan fingerprint density at radius 3 is 2.95 bits per heavy atom. The van der Waals surface area contributed by atoms with Gasteiger partial charge in [0.15, 0.2) is 5.82 Å². The van der Waals surface area contributed by atoms with Crippen LogP contribution in [0.2, 0.25) is 0 Å². The Hall–Kier alpha value is -1.62. The molecule has 0 bridgehead atoms. The van der Waals surface area contributed by atoms with Crippen molar-refractivity contribution in [3.05, 3.63) is 45.1 Å². The van der Waals surface area contributed by atoms with Gasteiger partial charge in [0.25, 0.3) is 5.56 Å². The highest BCUT2D eigenvalue weighted by molar-refractivity contribution is 7.10. The van der Waals surface area contributed by atoms with Crippen molar-refractivity contribution in [2.24, 2.45) is 0 Å². The van der Waals surface area contributed by atoms with Crippen molar-refractivity contribution in [2.45, 2.75) is 38.1 Å². The van der Waals surface area contributed by atoms with E-state index in [-0.39, 0.29) is 11.0 Å². The van der Waals surface area contributed by atoms with Gasteiger partial charge in [-0.1, -0.05) is 19.9 Å². The lowest BCUT2D eigenvalue weighted by atomic mass is 9.91. The van der Waals surface area contributed by atoms with Crippen LogP contribution in [0.3, 0.4) is 0 Å². The first-order valence-corrected chi connectivity index (χ1v) is 7.81. The Bertz CT molecular complexity index is 641. The smallest absolute Gasteiger partial charge is 0.293 e. The first-order chi connectivity index (χ1) is 9.58. The van der Waals surface area contributed by atoms with Crippen LogP contribution in [-0.2, 0) is 5.41 Å². The molecular weight excluding hydrogens is 270 g/mol. The fourth-order valence-corrected chi connectivity index (χ4v) is 3.09. The summed E-state index contributed by atoms with van der Waals surface area (Å²) in [5.41, 5.74) is -0.0142. The van der Waals surface area contributed by atoms with Gasteiger partial charge in [0, 0.05) is 35.3 Å². The van der Waals surface area contributed by atoms with Crippen LogP contribution in [0.25, 0.3) is 0 Å². The highest BCUT2D eigenvalue weighted by Crippen LogP contribution is 2.33. The molecule has 1 aliphatic carbocycles. The van der Waals surface area contributed by atoms with Gasteiger partial charge in [-0.05, 0) is 24.3 Å². The van der Waals surface area contributed by atoms with Crippen LogP contribution in [0, 0.1) is 0 Å². The van der Waals surface area contributed by atoms with Crippen LogP contribution in [0.5, 0.6) is 0 Å². The molecule has 0 radical (unpaired) electrons. The standard InChI is InChI=1S/C15H19N3OS/c1-15(2,12-4-3-9-20-12)10-17-13-14(19)18(8-7-16-13)11-5-6-11/h3-4,7-9,11H,5-6,10H2,1-2H3,(H,16,17). The van der Waals surface area contributed by atoms with E-state index in [4.69, 9.17) is 0 Å². The highest BCUT2D eigenvalue weighted by atomic mass is 32.1. The molecule has 0 saturated heterocycles. The lowest BCUT2D eigenvalue weighted by Crippen LogP contribution is -2.31. The van der Waals surface area contributed by atoms with Gasteiger partial charge in [0.1, 0.15) is 0 Å². The second-order valence-corrected chi connectivity index (χ2v) is 6.88. The van der Waals surface area contributed by atoms with Crippen molar-refractivity contribution in [1.29, 1.82) is 0 Å². The normalized spacial score (nSPS) is 15.3. The van der Waals surface area contributed by atoms with Crippen molar-refractivity contribution < 1.29 is 0 Å². The molecule has 0 aliphatic heterocycles. The molecule has 5 heteroatoms. The number of thiophene rings is 1. The Morgan fingerprint density at radius 2 is 2.30 bits per heavy atom. The van der Waals surface area contributed by atoms with Gasteiger partial charge in [-0.3, -0.25) is 4.79 Å². The van der Waals surface area contributed by atoms with E-state index in [0.717, 1.165) is 12.8 Å². The summed E-state index contributed by atoms with van der Waals surface area (Å²) in [6.07, 6.45) is 5.70. The zero-order chi connectivity index (χ0) is 14.2. The zero-order valence-electron chi connectivity index (χ0n) is 11.8. The van der Waals surface area contributed by atoms with E-state index in [0.29, 0.717) is 18.4 Å². The van der Waals surface area contributed by atoms with E-state index in [9.17, 15) is 4.79 Å². The van der Waals surface area contributed by atoms with Crippen LogP contribution in [-0.4, -0.2) is 16.1 Å². The minimum absolute atomic E-state index is 0.00280. The maximum absolute atomic E-state index is 12.3. The fraction of sp³-hybridized carbons (Fsp3) is 0.467. The van der Waals surface area contributed by atoms with Gasteiger partial charge in [-0.2, -0.15) is 0 Å². The fourth-order valence-electron chi connectivity index (χ4n) is 2.24. The molecule has 2 aromatic heterocycles. The van der Waals surface area contributed by atoms with E-state index < -0.39 is 0 Å². The zero-order valence-corrected chi connectivity index (χ0v) is 12.6. The monoisotopic (exact) mass is 289 g/mol. The van der Waals surface area contributed by atoms with Crippen molar-refractivity contribution in [2.75, 3.05) is 11.9 Å². The van der Waals surface area contributed by atoms with Gasteiger partial charge in [0.2, 0.25) is 0 Å².